The number of carboxylic acids is 1. The first-order valence-electron chi connectivity index (χ1n) is 8.30. The number of hydrogen-bond donors (Lipinski definition) is 2. The Morgan fingerprint density at radius 1 is 1.46 bits per heavy atom. The zero-order valence-electron chi connectivity index (χ0n) is 13.8. The normalized spacial score (nSPS) is 23.1. The van der Waals surface area contributed by atoms with Crippen LogP contribution in [0.2, 0.25) is 0 Å². The summed E-state index contributed by atoms with van der Waals surface area (Å²) in [6, 6.07) is 3.44. The highest BCUT2D eigenvalue weighted by Gasteiger charge is 2.42. The summed E-state index contributed by atoms with van der Waals surface area (Å²) in [6.07, 6.45) is 4.64. The van der Waals surface area contributed by atoms with Crippen molar-refractivity contribution in [2.24, 2.45) is 11.3 Å². The van der Waals surface area contributed by atoms with Gasteiger partial charge >= 0.3 is 12.0 Å². The molecule has 2 heterocycles. The second-order valence-corrected chi connectivity index (χ2v) is 6.96. The van der Waals surface area contributed by atoms with Gasteiger partial charge in [-0.15, -0.1) is 0 Å². The molecule has 130 valence electrons. The summed E-state index contributed by atoms with van der Waals surface area (Å²) < 4.78 is 5.57. The Labute approximate surface area is 141 Å². The maximum atomic E-state index is 12.2. The van der Waals surface area contributed by atoms with Crippen LogP contribution in [0.5, 0.6) is 5.88 Å². The molecule has 3 rings (SSSR count). The zero-order valence-corrected chi connectivity index (χ0v) is 13.8. The summed E-state index contributed by atoms with van der Waals surface area (Å²) in [5.74, 6) is 0.431. The van der Waals surface area contributed by atoms with Crippen LogP contribution in [0.4, 0.5) is 4.79 Å². The molecule has 1 unspecified atom stereocenters. The number of aromatic nitrogens is 1. The van der Waals surface area contributed by atoms with E-state index in [9.17, 15) is 14.7 Å². The fourth-order valence-electron chi connectivity index (χ4n) is 2.69. The molecular formula is C17H23N3O4. The van der Waals surface area contributed by atoms with Gasteiger partial charge in [-0.1, -0.05) is 6.07 Å². The molecule has 7 nitrogen and oxygen atoms in total. The number of hydrogen-bond acceptors (Lipinski definition) is 4. The topological polar surface area (TPSA) is 91.8 Å². The molecule has 0 spiro atoms. The van der Waals surface area contributed by atoms with Gasteiger partial charge in [-0.2, -0.15) is 0 Å². The highest BCUT2D eigenvalue weighted by atomic mass is 16.5. The Bertz CT molecular complexity index is 615. The molecule has 1 aromatic rings. The molecule has 0 bridgehead atoms. The van der Waals surface area contributed by atoms with Crippen LogP contribution in [0.25, 0.3) is 0 Å². The van der Waals surface area contributed by atoms with Crippen LogP contribution in [-0.4, -0.2) is 46.7 Å². The lowest BCUT2D eigenvalue weighted by Gasteiger charge is -2.20. The summed E-state index contributed by atoms with van der Waals surface area (Å²) >= 11 is 0. The Morgan fingerprint density at radius 3 is 2.83 bits per heavy atom. The van der Waals surface area contributed by atoms with E-state index < -0.39 is 11.4 Å². The van der Waals surface area contributed by atoms with Gasteiger partial charge in [0.1, 0.15) is 0 Å². The molecule has 1 saturated heterocycles. The summed E-state index contributed by atoms with van der Waals surface area (Å²) in [5.41, 5.74) is 0.0294. The quantitative estimate of drug-likeness (QED) is 0.829. The minimum atomic E-state index is -0.858. The SMILES string of the molecule is CC1(C(=O)O)CCN(C(=O)NCc2ccc(OCC3CC3)nc2)C1. The summed E-state index contributed by atoms with van der Waals surface area (Å²) in [6.45, 7) is 3.45. The number of nitrogens with one attached hydrogen (secondary N) is 1. The monoisotopic (exact) mass is 333 g/mol. The number of likely N-dealkylation sites (tertiary alicyclic amines) is 1. The Morgan fingerprint density at radius 2 is 2.25 bits per heavy atom. The van der Waals surface area contributed by atoms with E-state index in [1.165, 1.54) is 12.8 Å². The van der Waals surface area contributed by atoms with Crippen LogP contribution < -0.4 is 10.1 Å². The molecule has 1 aromatic heterocycles. The van der Waals surface area contributed by atoms with Gasteiger partial charge in [-0.3, -0.25) is 4.79 Å². The van der Waals surface area contributed by atoms with Gasteiger partial charge in [-0.25, -0.2) is 9.78 Å². The molecule has 0 aromatic carbocycles. The number of carbonyl (C=O) groups excluding carboxylic acids is 1. The predicted octanol–water partition coefficient (Wildman–Crippen LogP) is 1.88. The smallest absolute Gasteiger partial charge is 0.317 e. The standard InChI is InChI=1S/C17H23N3O4/c1-17(15(21)22)6-7-20(11-17)16(23)19-9-13-4-5-14(18-8-13)24-10-12-2-3-12/h4-5,8,12H,2-3,6-7,9-11H2,1H3,(H,19,23)(H,21,22). The molecule has 7 heteroatoms. The van der Waals surface area contributed by atoms with E-state index in [2.05, 4.69) is 10.3 Å². The minimum absolute atomic E-state index is 0.236. The average Bonchev–Trinajstić information content (AvgIpc) is 3.31. The number of pyridine rings is 1. The number of nitrogens with zero attached hydrogens (tertiary/aromatic N) is 2. The van der Waals surface area contributed by atoms with Crippen LogP contribution in [0.15, 0.2) is 18.3 Å². The van der Waals surface area contributed by atoms with E-state index in [0.29, 0.717) is 31.3 Å². The molecule has 1 saturated carbocycles. The van der Waals surface area contributed by atoms with E-state index in [4.69, 9.17) is 4.74 Å². The van der Waals surface area contributed by atoms with Crippen molar-refractivity contribution in [3.63, 3.8) is 0 Å². The number of amides is 2. The first kappa shape index (κ1) is 16.5. The fourth-order valence-corrected chi connectivity index (χ4v) is 2.69. The Balaban J connectivity index is 1.45. The number of urea groups is 1. The predicted molar refractivity (Wildman–Crippen MR) is 86.6 cm³/mol. The number of ether oxygens (including phenoxy) is 1. The number of aliphatic carboxylic acids is 1. The summed E-state index contributed by atoms with van der Waals surface area (Å²) in [5, 5.41) is 12.0. The molecule has 1 aliphatic heterocycles. The van der Waals surface area contributed by atoms with E-state index in [1.807, 2.05) is 6.07 Å². The lowest BCUT2D eigenvalue weighted by Crippen LogP contribution is -2.40. The number of rotatable bonds is 6. The third kappa shape index (κ3) is 3.96. The second-order valence-electron chi connectivity index (χ2n) is 6.96. The third-order valence-electron chi connectivity index (χ3n) is 4.68. The van der Waals surface area contributed by atoms with Crippen LogP contribution in [0.3, 0.4) is 0 Å². The molecule has 1 aliphatic carbocycles. The highest BCUT2D eigenvalue weighted by Crippen LogP contribution is 2.30. The van der Waals surface area contributed by atoms with Crippen molar-refractivity contribution in [3.05, 3.63) is 23.9 Å². The largest absolute Gasteiger partial charge is 0.481 e. The summed E-state index contributed by atoms with van der Waals surface area (Å²) in [7, 11) is 0. The fraction of sp³-hybridized carbons (Fsp3) is 0.588. The van der Waals surface area contributed by atoms with E-state index >= 15 is 0 Å². The van der Waals surface area contributed by atoms with Crippen molar-refractivity contribution < 1.29 is 19.4 Å². The number of carbonyl (C=O) groups is 2. The van der Waals surface area contributed by atoms with Crippen molar-refractivity contribution >= 4 is 12.0 Å². The lowest BCUT2D eigenvalue weighted by molar-refractivity contribution is -0.147. The molecule has 2 aliphatic rings. The molecule has 2 amide bonds. The Kier molecular flexibility index (Phi) is 4.59. The van der Waals surface area contributed by atoms with Crippen molar-refractivity contribution in [2.75, 3.05) is 19.7 Å². The minimum Gasteiger partial charge on any atom is -0.481 e. The zero-order chi connectivity index (χ0) is 17.2. The van der Waals surface area contributed by atoms with Crippen LogP contribution >= 0.6 is 0 Å². The van der Waals surface area contributed by atoms with Crippen LogP contribution in [0, 0.1) is 11.3 Å². The second kappa shape index (κ2) is 6.67. The van der Waals surface area contributed by atoms with Crippen molar-refractivity contribution in [2.45, 2.75) is 32.7 Å². The number of carboxylic acid groups (broad SMARTS) is 1. The van der Waals surface area contributed by atoms with Gasteiger partial charge in [0, 0.05) is 31.9 Å². The van der Waals surface area contributed by atoms with Gasteiger partial charge < -0.3 is 20.1 Å². The summed E-state index contributed by atoms with van der Waals surface area (Å²) in [4.78, 5) is 29.2. The Hall–Kier alpha value is -2.31. The van der Waals surface area contributed by atoms with E-state index in [-0.39, 0.29) is 12.6 Å². The average molecular weight is 333 g/mol. The molecule has 24 heavy (non-hydrogen) atoms. The highest BCUT2D eigenvalue weighted by molar-refractivity contribution is 5.79. The van der Waals surface area contributed by atoms with Gasteiger partial charge in [0.25, 0.3) is 0 Å². The van der Waals surface area contributed by atoms with Gasteiger partial charge in [0.15, 0.2) is 0 Å². The molecule has 0 radical (unpaired) electrons. The first-order chi connectivity index (χ1) is 11.5. The third-order valence-corrected chi connectivity index (χ3v) is 4.68. The van der Waals surface area contributed by atoms with Crippen molar-refractivity contribution in [3.8, 4) is 5.88 Å². The van der Waals surface area contributed by atoms with Gasteiger partial charge in [0.2, 0.25) is 5.88 Å². The maximum Gasteiger partial charge on any atom is 0.317 e. The molecular weight excluding hydrogens is 310 g/mol. The lowest BCUT2D eigenvalue weighted by atomic mass is 9.90. The van der Waals surface area contributed by atoms with Crippen molar-refractivity contribution in [1.29, 1.82) is 0 Å². The molecule has 1 atom stereocenters. The van der Waals surface area contributed by atoms with Gasteiger partial charge in [0.05, 0.1) is 12.0 Å². The van der Waals surface area contributed by atoms with E-state index in [0.717, 1.165) is 12.2 Å². The van der Waals surface area contributed by atoms with Crippen molar-refractivity contribution in [1.82, 2.24) is 15.2 Å². The van der Waals surface area contributed by atoms with Crippen LogP contribution in [-0.2, 0) is 11.3 Å². The first-order valence-corrected chi connectivity index (χ1v) is 8.30. The van der Waals surface area contributed by atoms with Crippen LogP contribution in [0.1, 0.15) is 31.7 Å². The molecule has 2 N–H and O–H groups in total. The van der Waals surface area contributed by atoms with E-state index in [1.54, 1.807) is 24.1 Å². The maximum absolute atomic E-state index is 12.2. The van der Waals surface area contributed by atoms with Gasteiger partial charge in [-0.05, 0) is 37.7 Å². The molecule has 2 fully saturated rings.